The molecule has 0 radical (unpaired) electrons. The maximum absolute atomic E-state index is 13.3. The molecule has 1 atom stereocenters. The number of aromatic nitrogens is 3. The molecular formula is C25H24N4O. The number of nitrogens with zero attached hydrogens (tertiary/aromatic N) is 3. The van der Waals surface area contributed by atoms with Crippen LogP contribution in [0.1, 0.15) is 40.0 Å². The van der Waals surface area contributed by atoms with Crippen molar-refractivity contribution in [3.63, 3.8) is 0 Å². The Morgan fingerprint density at radius 3 is 2.43 bits per heavy atom. The van der Waals surface area contributed by atoms with E-state index in [1.807, 2.05) is 68.4 Å². The summed E-state index contributed by atoms with van der Waals surface area (Å²) in [5.74, 6) is -0.156. The largest absolute Gasteiger partial charge is 0.345 e. The first-order valence-electron chi connectivity index (χ1n) is 9.96. The third kappa shape index (κ3) is 4.01. The number of nitrogens with one attached hydrogen (secondary N) is 1. The van der Waals surface area contributed by atoms with Gasteiger partial charge in [-0.1, -0.05) is 42.0 Å². The van der Waals surface area contributed by atoms with Gasteiger partial charge in [-0.25, -0.2) is 4.68 Å². The predicted molar refractivity (Wildman–Crippen MR) is 119 cm³/mol. The SMILES string of the molecule is Cc1ccc(-c2nn(-c3ccccc3)cc2C(=O)NC(C)c2ccncc2)c(C)c1. The number of carbonyl (C=O) groups is 1. The number of carbonyl (C=O) groups excluding carboxylic acids is 1. The zero-order valence-electron chi connectivity index (χ0n) is 17.3. The molecule has 2 aromatic carbocycles. The molecule has 5 heteroatoms. The Morgan fingerprint density at radius 1 is 1.00 bits per heavy atom. The van der Waals surface area contributed by atoms with Gasteiger partial charge >= 0.3 is 0 Å². The second kappa shape index (κ2) is 8.33. The molecule has 5 nitrogen and oxygen atoms in total. The highest BCUT2D eigenvalue weighted by Gasteiger charge is 2.21. The Hall–Kier alpha value is -3.73. The van der Waals surface area contributed by atoms with E-state index in [0.717, 1.165) is 22.4 Å². The van der Waals surface area contributed by atoms with E-state index >= 15 is 0 Å². The van der Waals surface area contributed by atoms with Gasteiger partial charge in [-0.05, 0) is 56.2 Å². The summed E-state index contributed by atoms with van der Waals surface area (Å²) < 4.78 is 1.76. The lowest BCUT2D eigenvalue weighted by molar-refractivity contribution is 0.0940. The third-order valence-electron chi connectivity index (χ3n) is 5.17. The van der Waals surface area contributed by atoms with Gasteiger partial charge in [-0.2, -0.15) is 5.10 Å². The Kier molecular flexibility index (Phi) is 5.44. The smallest absolute Gasteiger partial charge is 0.255 e. The number of amides is 1. The molecule has 150 valence electrons. The van der Waals surface area contributed by atoms with Crippen molar-refractivity contribution in [1.29, 1.82) is 0 Å². The van der Waals surface area contributed by atoms with E-state index in [1.54, 1.807) is 23.3 Å². The van der Waals surface area contributed by atoms with Gasteiger partial charge in [0.2, 0.25) is 0 Å². The molecule has 4 rings (SSSR count). The molecule has 4 aromatic rings. The fourth-order valence-electron chi connectivity index (χ4n) is 3.54. The minimum Gasteiger partial charge on any atom is -0.345 e. The number of hydrogen-bond acceptors (Lipinski definition) is 3. The first kappa shape index (κ1) is 19.6. The summed E-state index contributed by atoms with van der Waals surface area (Å²) >= 11 is 0. The molecule has 0 saturated carbocycles. The fraction of sp³-hybridized carbons (Fsp3) is 0.160. The van der Waals surface area contributed by atoms with Crippen LogP contribution in [0, 0.1) is 13.8 Å². The van der Waals surface area contributed by atoms with Crippen molar-refractivity contribution >= 4 is 5.91 Å². The highest BCUT2D eigenvalue weighted by atomic mass is 16.1. The number of para-hydroxylation sites is 1. The summed E-state index contributed by atoms with van der Waals surface area (Å²) in [5, 5.41) is 7.89. The molecule has 1 unspecified atom stereocenters. The van der Waals surface area contributed by atoms with E-state index in [9.17, 15) is 4.79 Å². The number of rotatable bonds is 5. The summed E-state index contributed by atoms with van der Waals surface area (Å²) in [7, 11) is 0. The molecule has 0 fully saturated rings. The molecule has 2 aromatic heterocycles. The topological polar surface area (TPSA) is 59.8 Å². The number of pyridine rings is 1. The summed E-state index contributed by atoms with van der Waals surface area (Å²) in [6.45, 7) is 6.07. The van der Waals surface area contributed by atoms with Gasteiger partial charge in [0.25, 0.3) is 5.91 Å². The van der Waals surface area contributed by atoms with E-state index in [-0.39, 0.29) is 11.9 Å². The average Bonchev–Trinajstić information content (AvgIpc) is 3.20. The molecule has 2 heterocycles. The van der Waals surface area contributed by atoms with Gasteiger partial charge in [0.15, 0.2) is 0 Å². The van der Waals surface area contributed by atoms with Crippen LogP contribution < -0.4 is 5.32 Å². The summed E-state index contributed by atoms with van der Waals surface area (Å²) in [4.78, 5) is 17.3. The zero-order chi connectivity index (χ0) is 21.1. The van der Waals surface area contributed by atoms with Crippen molar-refractivity contribution in [2.75, 3.05) is 0 Å². The van der Waals surface area contributed by atoms with Gasteiger partial charge in [-0.15, -0.1) is 0 Å². The standard InChI is InChI=1S/C25H24N4O/c1-17-9-10-22(18(2)15-17)24-23(16-29(28-24)21-7-5-4-6-8-21)25(30)27-19(3)20-11-13-26-14-12-20/h4-16,19H,1-3H3,(H,27,30). The Labute approximate surface area is 176 Å². The average molecular weight is 396 g/mol. The van der Waals surface area contributed by atoms with Gasteiger partial charge < -0.3 is 5.32 Å². The highest BCUT2D eigenvalue weighted by molar-refractivity contribution is 6.00. The van der Waals surface area contributed by atoms with Crippen LogP contribution in [0.5, 0.6) is 0 Å². The Morgan fingerprint density at radius 2 is 1.73 bits per heavy atom. The molecule has 0 spiro atoms. The minimum absolute atomic E-state index is 0.146. The van der Waals surface area contributed by atoms with Gasteiger partial charge in [0, 0.05) is 24.2 Å². The van der Waals surface area contributed by atoms with Crippen LogP contribution in [0.3, 0.4) is 0 Å². The van der Waals surface area contributed by atoms with Crippen molar-refractivity contribution in [1.82, 2.24) is 20.1 Å². The molecule has 1 N–H and O–H groups in total. The summed E-state index contributed by atoms with van der Waals surface area (Å²) in [6, 6.07) is 19.7. The quantitative estimate of drug-likeness (QED) is 0.514. The van der Waals surface area contributed by atoms with Gasteiger partial charge in [0.1, 0.15) is 5.69 Å². The van der Waals surface area contributed by atoms with E-state index in [2.05, 4.69) is 23.3 Å². The molecular weight excluding hydrogens is 372 g/mol. The van der Waals surface area contributed by atoms with E-state index < -0.39 is 0 Å². The number of benzene rings is 2. The molecule has 0 aliphatic carbocycles. The lowest BCUT2D eigenvalue weighted by atomic mass is 10.00. The van der Waals surface area contributed by atoms with Crippen LogP contribution in [0.2, 0.25) is 0 Å². The van der Waals surface area contributed by atoms with Gasteiger partial charge in [0.05, 0.1) is 17.3 Å². The molecule has 0 saturated heterocycles. The van der Waals surface area contributed by atoms with E-state index in [0.29, 0.717) is 11.3 Å². The van der Waals surface area contributed by atoms with Crippen LogP contribution in [-0.4, -0.2) is 20.7 Å². The van der Waals surface area contributed by atoms with Crippen molar-refractivity contribution < 1.29 is 4.79 Å². The summed E-state index contributed by atoms with van der Waals surface area (Å²) in [6.07, 6.45) is 5.26. The molecule has 30 heavy (non-hydrogen) atoms. The number of hydrogen-bond donors (Lipinski definition) is 1. The van der Waals surface area contributed by atoms with Crippen molar-refractivity contribution in [3.05, 3.63) is 102 Å². The second-order valence-corrected chi connectivity index (χ2v) is 7.47. The zero-order valence-corrected chi connectivity index (χ0v) is 17.3. The predicted octanol–water partition coefficient (Wildman–Crippen LogP) is 5.04. The number of aryl methyl sites for hydroxylation is 2. The normalized spacial score (nSPS) is 11.8. The maximum atomic E-state index is 13.3. The Balaban J connectivity index is 1.75. The van der Waals surface area contributed by atoms with E-state index in [4.69, 9.17) is 5.10 Å². The van der Waals surface area contributed by atoms with Crippen LogP contribution >= 0.6 is 0 Å². The van der Waals surface area contributed by atoms with Crippen LogP contribution in [-0.2, 0) is 0 Å². The first-order valence-corrected chi connectivity index (χ1v) is 9.96. The fourth-order valence-corrected chi connectivity index (χ4v) is 3.54. The lowest BCUT2D eigenvalue weighted by Gasteiger charge is -2.14. The maximum Gasteiger partial charge on any atom is 0.255 e. The minimum atomic E-state index is -0.156. The van der Waals surface area contributed by atoms with Crippen LogP contribution in [0.4, 0.5) is 0 Å². The van der Waals surface area contributed by atoms with E-state index in [1.165, 1.54) is 5.56 Å². The monoisotopic (exact) mass is 396 g/mol. The molecule has 0 bridgehead atoms. The van der Waals surface area contributed by atoms with Gasteiger partial charge in [-0.3, -0.25) is 9.78 Å². The first-order chi connectivity index (χ1) is 14.5. The highest BCUT2D eigenvalue weighted by Crippen LogP contribution is 2.28. The van der Waals surface area contributed by atoms with Crippen LogP contribution in [0.15, 0.2) is 79.3 Å². The van der Waals surface area contributed by atoms with Crippen molar-refractivity contribution in [2.45, 2.75) is 26.8 Å². The molecule has 1 amide bonds. The van der Waals surface area contributed by atoms with Crippen molar-refractivity contribution in [3.8, 4) is 16.9 Å². The second-order valence-electron chi connectivity index (χ2n) is 7.47. The molecule has 0 aliphatic rings. The third-order valence-corrected chi connectivity index (χ3v) is 5.17. The molecule has 0 aliphatic heterocycles. The summed E-state index contributed by atoms with van der Waals surface area (Å²) in [5.41, 5.74) is 6.35. The van der Waals surface area contributed by atoms with Crippen LogP contribution in [0.25, 0.3) is 16.9 Å². The Bertz CT molecular complexity index is 1170. The van der Waals surface area contributed by atoms with Crippen molar-refractivity contribution in [2.24, 2.45) is 0 Å². The lowest BCUT2D eigenvalue weighted by Crippen LogP contribution is -2.26.